The molecule has 2 amide bonds. The molecule has 4 atom stereocenters. The highest BCUT2D eigenvalue weighted by Crippen LogP contribution is 2.52. The molecular weight excluding hydrogens is 380 g/mol. The Labute approximate surface area is 175 Å². The summed E-state index contributed by atoms with van der Waals surface area (Å²) in [6.07, 6.45) is 4.35. The van der Waals surface area contributed by atoms with Gasteiger partial charge in [0.1, 0.15) is 11.4 Å². The van der Waals surface area contributed by atoms with E-state index in [4.69, 9.17) is 9.47 Å². The summed E-state index contributed by atoms with van der Waals surface area (Å²) in [7, 11) is 1.60. The largest absolute Gasteiger partial charge is 0.497 e. The summed E-state index contributed by atoms with van der Waals surface area (Å²) in [5.41, 5.74) is 1.18. The molecule has 154 valence electrons. The molecule has 0 aliphatic carbocycles. The third-order valence-corrected chi connectivity index (χ3v) is 6.35. The van der Waals surface area contributed by atoms with E-state index in [0.29, 0.717) is 18.8 Å². The van der Waals surface area contributed by atoms with Crippen molar-refractivity contribution >= 4 is 17.5 Å². The van der Waals surface area contributed by atoms with Gasteiger partial charge in [0.2, 0.25) is 11.8 Å². The van der Waals surface area contributed by atoms with Crippen LogP contribution in [0.1, 0.15) is 5.56 Å². The molecular formula is C24H24N2O4. The monoisotopic (exact) mass is 404 g/mol. The zero-order chi connectivity index (χ0) is 20.7. The van der Waals surface area contributed by atoms with Crippen molar-refractivity contribution < 1.29 is 19.1 Å². The van der Waals surface area contributed by atoms with Crippen LogP contribution in [0.4, 0.5) is 5.69 Å². The van der Waals surface area contributed by atoms with Crippen LogP contribution in [0.3, 0.4) is 0 Å². The first-order valence-electron chi connectivity index (χ1n) is 10.2. The van der Waals surface area contributed by atoms with Gasteiger partial charge in [-0.25, -0.2) is 0 Å². The van der Waals surface area contributed by atoms with Gasteiger partial charge in [-0.15, -0.1) is 0 Å². The van der Waals surface area contributed by atoms with Crippen LogP contribution in [0.2, 0.25) is 0 Å². The Kier molecular flexibility index (Phi) is 4.59. The number of fused-ring (bicyclic) bond motifs is 1. The number of nitrogens with zero attached hydrogens (tertiary/aromatic N) is 1. The zero-order valence-electron chi connectivity index (χ0n) is 16.8. The first kappa shape index (κ1) is 18.9. The first-order chi connectivity index (χ1) is 14.6. The second-order valence-corrected chi connectivity index (χ2v) is 8.11. The number of carbonyl (C=O) groups excluding carboxylic acids is 2. The van der Waals surface area contributed by atoms with Gasteiger partial charge in [0, 0.05) is 12.2 Å². The third kappa shape index (κ3) is 3.08. The third-order valence-electron chi connectivity index (χ3n) is 6.35. The molecule has 2 fully saturated rings. The van der Waals surface area contributed by atoms with Crippen LogP contribution in [-0.2, 0) is 20.7 Å². The highest BCUT2D eigenvalue weighted by atomic mass is 16.5. The summed E-state index contributed by atoms with van der Waals surface area (Å²) >= 11 is 0. The normalized spacial score (nSPS) is 28.6. The molecule has 3 aliphatic heterocycles. The van der Waals surface area contributed by atoms with Crippen molar-refractivity contribution in [3.63, 3.8) is 0 Å². The molecule has 0 aromatic heterocycles. The highest BCUT2D eigenvalue weighted by molar-refractivity contribution is 5.99. The van der Waals surface area contributed by atoms with Crippen LogP contribution >= 0.6 is 0 Å². The number of ether oxygens (including phenoxy) is 2. The Morgan fingerprint density at radius 2 is 1.97 bits per heavy atom. The summed E-state index contributed by atoms with van der Waals surface area (Å²) < 4.78 is 11.3. The molecule has 0 saturated carbocycles. The molecule has 1 unspecified atom stereocenters. The van der Waals surface area contributed by atoms with Gasteiger partial charge < -0.3 is 19.7 Å². The molecule has 2 saturated heterocycles. The van der Waals surface area contributed by atoms with Gasteiger partial charge in [0.05, 0.1) is 31.6 Å². The average Bonchev–Trinajstić information content (AvgIpc) is 3.41. The number of hydrogen-bond acceptors (Lipinski definition) is 4. The number of carbonyl (C=O) groups is 2. The fraction of sp³-hybridized carbons (Fsp3) is 0.333. The Bertz CT molecular complexity index is 988. The molecule has 6 heteroatoms. The molecule has 2 aromatic carbocycles. The number of anilines is 1. The van der Waals surface area contributed by atoms with Crippen LogP contribution in [0.5, 0.6) is 5.75 Å². The lowest BCUT2D eigenvalue weighted by Gasteiger charge is -2.23. The van der Waals surface area contributed by atoms with E-state index in [1.165, 1.54) is 5.56 Å². The number of methoxy groups -OCH3 is 1. The fourth-order valence-electron chi connectivity index (χ4n) is 4.88. The minimum Gasteiger partial charge on any atom is -0.497 e. The molecule has 1 N–H and O–H groups in total. The van der Waals surface area contributed by atoms with Crippen LogP contribution < -0.4 is 10.1 Å². The average molecular weight is 404 g/mol. The van der Waals surface area contributed by atoms with Gasteiger partial charge in [-0.2, -0.15) is 0 Å². The van der Waals surface area contributed by atoms with E-state index in [-0.39, 0.29) is 17.9 Å². The van der Waals surface area contributed by atoms with Crippen LogP contribution in [0.15, 0.2) is 66.7 Å². The predicted octanol–water partition coefficient (Wildman–Crippen LogP) is 2.66. The van der Waals surface area contributed by atoms with Crippen molar-refractivity contribution in [2.24, 2.45) is 11.8 Å². The van der Waals surface area contributed by atoms with Crippen molar-refractivity contribution in [3.05, 3.63) is 72.3 Å². The van der Waals surface area contributed by atoms with Gasteiger partial charge >= 0.3 is 0 Å². The summed E-state index contributed by atoms with van der Waals surface area (Å²) in [5, 5.41) is 2.94. The number of hydrogen-bond donors (Lipinski definition) is 1. The summed E-state index contributed by atoms with van der Waals surface area (Å²) in [6, 6.07) is 17.3. The zero-order valence-corrected chi connectivity index (χ0v) is 16.8. The maximum atomic E-state index is 13.3. The molecule has 30 heavy (non-hydrogen) atoms. The van der Waals surface area contributed by atoms with E-state index in [2.05, 4.69) is 17.4 Å². The van der Waals surface area contributed by atoms with Crippen LogP contribution in [-0.4, -0.2) is 48.6 Å². The minimum absolute atomic E-state index is 0.00709. The van der Waals surface area contributed by atoms with E-state index in [0.717, 1.165) is 12.2 Å². The number of likely N-dealkylation sites (tertiary alicyclic amines) is 1. The van der Waals surface area contributed by atoms with Gasteiger partial charge in [0.15, 0.2) is 0 Å². The minimum atomic E-state index is -0.680. The molecule has 1 spiro atoms. The number of nitrogens with one attached hydrogen (secondary N) is 1. The lowest BCUT2D eigenvalue weighted by Crippen LogP contribution is -2.41. The Balaban J connectivity index is 1.31. The topological polar surface area (TPSA) is 67.9 Å². The summed E-state index contributed by atoms with van der Waals surface area (Å²) in [6.45, 7) is 1.12. The maximum absolute atomic E-state index is 13.3. The lowest BCUT2D eigenvalue weighted by molar-refractivity contribution is -0.135. The van der Waals surface area contributed by atoms with E-state index >= 15 is 0 Å². The van der Waals surface area contributed by atoms with Gasteiger partial charge in [-0.1, -0.05) is 42.5 Å². The molecule has 6 nitrogen and oxygen atoms in total. The van der Waals surface area contributed by atoms with Gasteiger partial charge in [-0.3, -0.25) is 9.59 Å². The van der Waals surface area contributed by atoms with Crippen molar-refractivity contribution in [1.29, 1.82) is 0 Å². The van der Waals surface area contributed by atoms with E-state index in [1.54, 1.807) is 31.4 Å². The number of benzene rings is 2. The van der Waals surface area contributed by atoms with Crippen molar-refractivity contribution in [1.82, 2.24) is 4.90 Å². The molecule has 2 aromatic rings. The predicted molar refractivity (Wildman–Crippen MR) is 112 cm³/mol. The second-order valence-electron chi connectivity index (χ2n) is 8.11. The maximum Gasteiger partial charge on any atom is 0.231 e. The Morgan fingerprint density at radius 1 is 1.20 bits per heavy atom. The molecule has 5 rings (SSSR count). The molecule has 3 heterocycles. The lowest BCUT2D eigenvalue weighted by atomic mass is 9.77. The Hall–Kier alpha value is -3.12. The highest BCUT2D eigenvalue weighted by Gasteiger charge is 2.66. The van der Waals surface area contributed by atoms with Crippen molar-refractivity contribution in [3.8, 4) is 5.75 Å². The smallest absolute Gasteiger partial charge is 0.231 e. The van der Waals surface area contributed by atoms with Crippen LogP contribution in [0, 0.1) is 11.8 Å². The van der Waals surface area contributed by atoms with E-state index in [9.17, 15) is 9.59 Å². The Morgan fingerprint density at radius 3 is 2.70 bits per heavy atom. The molecule has 0 radical (unpaired) electrons. The van der Waals surface area contributed by atoms with E-state index < -0.39 is 17.4 Å². The quantitative estimate of drug-likeness (QED) is 0.752. The van der Waals surface area contributed by atoms with Crippen molar-refractivity contribution in [2.75, 3.05) is 25.5 Å². The number of rotatable bonds is 6. The molecule has 3 aliphatic rings. The first-order valence-corrected chi connectivity index (χ1v) is 10.2. The molecule has 2 bridgehead atoms. The summed E-state index contributed by atoms with van der Waals surface area (Å²) in [5.74, 6) is -0.446. The standard InChI is InChI=1S/C24H24N2O4/c1-29-18-9-7-17(8-10-18)25-22(27)20-19-11-13-24(30-19)15-26(23(28)21(20)24)14-12-16-5-3-2-4-6-16/h2-11,13,19-21H,12,14-15H2,1H3,(H,25,27)/t19-,20?,21+,24-/m0/s1. The van der Waals surface area contributed by atoms with Crippen molar-refractivity contribution in [2.45, 2.75) is 18.1 Å². The fourth-order valence-corrected chi connectivity index (χ4v) is 4.88. The van der Waals surface area contributed by atoms with Gasteiger partial charge in [-0.05, 0) is 36.2 Å². The van der Waals surface area contributed by atoms with E-state index in [1.807, 2.05) is 35.3 Å². The van der Waals surface area contributed by atoms with Crippen LogP contribution in [0.25, 0.3) is 0 Å². The summed E-state index contributed by atoms with van der Waals surface area (Å²) in [4.78, 5) is 28.2. The second kappa shape index (κ2) is 7.29. The SMILES string of the molecule is COc1ccc(NC(=O)C2[C@@H]3C=C[C@@]4(CN(CCc5ccccc5)C(=O)[C@@H]24)O3)cc1. The number of amides is 2. The van der Waals surface area contributed by atoms with Gasteiger partial charge in [0.25, 0.3) is 0 Å².